The van der Waals surface area contributed by atoms with E-state index in [-0.39, 0.29) is 11.9 Å². The molecule has 102 valence electrons. The van der Waals surface area contributed by atoms with Gasteiger partial charge in [0.2, 0.25) is 0 Å². The fourth-order valence-corrected chi connectivity index (χ4v) is 3.60. The molecular formula is C16H19BrO2. The first-order valence-corrected chi connectivity index (χ1v) is 7.92. The molecule has 1 heterocycles. The minimum absolute atomic E-state index is 0.0914. The van der Waals surface area contributed by atoms with E-state index in [9.17, 15) is 4.79 Å². The number of rotatable bonds is 1. The minimum atomic E-state index is 0.0914. The van der Waals surface area contributed by atoms with Gasteiger partial charge < -0.3 is 4.74 Å². The van der Waals surface area contributed by atoms with Crippen LogP contribution in [0.3, 0.4) is 0 Å². The number of ketones is 1. The maximum Gasteiger partial charge on any atom is 0.170 e. The van der Waals surface area contributed by atoms with Crippen molar-refractivity contribution < 1.29 is 9.53 Å². The molecule has 1 fully saturated rings. The predicted octanol–water partition coefficient (Wildman–Crippen LogP) is 4.61. The zero-order valence-electron chi connectivity index (χ0n) is 11.2. The molecule has 0 spiro atoms. The van der Waals surface area contributed by atoms with E-state index in [2.05, 4.69) is 22.9 Å². The van der Waals surface area contributed by atoms with Crippen LogP contribution in [0.1, 0.15) is 49.4 Å². The summed E-state index contributed by atoms with van der Waals surface area (Å²) in [6, 6.07) is 5.73. The average molecular weight is 323 g/mol. The van der Waals surface area contributed by atoms with Gasteiger partial charge in [0.25, 0.3) is 0 Å². The molecule has 1 aromatic carbocycles. The van der Waals surface area contributed by atoms with Gasteiger partial charge in [0.15, 0.2) is 5.78 Å². The second-order valence-corrected chi connectivity index (χ2v) is 6.86. The lowest BCUT2D eigenvalue weighted by atomic mass is 9.78. The summed E-state index contributed by atoms with van der Waals surface area (Å²) in [4.78, 5) is 12.3. The topological polar surface area (TPSA) is 26.3 Å². The summed E-state index contributed by atoms with van der Waals surface area (Å²) in [6.07, 6.45) is 5.57. The van der Waals surface area contributed by atoms with Crippen molar-refractivity contribution in [2.24, 2.45) is 11.8 Å². The van der Waals surface area contributed by atoms with E-state index in [1.54, 1.807) is 0 Å². The van der Waals surface area contributed by atoms with Gasteiger partial charge >= 0.3 is 0 Å². The van der Waals surface area contributed by atoms with Crippen LogP contribution in [-0.4, -0.2) is 11.9 Å². The average Bonchev–Trinajstić information content (AvgIpc) is 2.40. The summed E-state index contributed by atoms with van der Waals surface area (Å²) in [5.74, 6) is 2.38. The van der Waals surface area contributed by atoms with Crippen molar-refractivity contribution in [3.8, 4) is 5.75 Å². The molecule has 0 bridgehead atoms. The molecule has 3 rings (SSSR count). The molecule has 1 aliphatic heterocycles. The van der Waals surface area contributed by atoms with Crippen molar-refractivity contribution in [3.63, 3.8) is 0 Å². The Morgan fingerprint density at radius 1 is 1.21 bits per heavy atom. The molecule has 2 aliphatic rings. The first-order valence-electron chi connectivity index (χ1n) is 7.13. The lowest BCUT2D eigenvalue weighted by molar-refractivity contribution is 0.0618. The molecule has 1 aliphatic carbocycles. The smallest absolute Gasteiger partial charge is 0.170 e. The Kier molecular flexibility index (Phi) is 3.66. The van der Waals surface area contributed by atoms with E-state index >= 15 is 0 Å². The number of hydrogen-bond donors (Lipinski definition) is 0. The summed E-state index contributed by atoms with van der Waals surface area (Å²) in [7, 11) is 0. The second-order valence-electron chi connectivity index (χ2n) is 5.94. The fourth-order valence-electron chi connectivity index (χ4n) is 3.24. The van der Waals surface area contributed by atoms with Crippen LogP contribution in [0, 0.1) is 11.8 Å². The van der Waals surface area contributed by atoms with Crippen LogP contribution in [0.15, 0.2) is 22.7 Å². The van der Waals surface area contributed by atoms with Gasteiger partial charge in [0.1, 0.15) is 11.9 Å². The van der Waals surface area contributed by atoms with E-state index in [1.807, 2.05) is 18.2 Å². The zero-order chi connectivity index (χ0) is 13.4. The highest BCUT2D eigenvalue weighted by molar-refractivity contribution is 9.10. The Balaban J connectivity index is 1.77. The molecule has 0 radical (unpaired) electrons. The lowest BCUT2D eigenvalue weighted by Crippen LogP contribution is -2.35. The van der Waals surface area contributed by atoms with Gasteiger partial charge in [-0.1, -0.05) is 35.7 Å². The van der Waals surface area contributed by atoms with Crippen LogP contribution in [0.5, 0.6) is 5.75 Å². The number of benzene rings is 1. The SMILES string of the molecule is CC1CCC(C2CC(=O)c3cc(Br)ccc3O2)CC1. The quantitative estimate of drug-likeness (QED) is 0.754. The highest BCUT2D eigenvalue weighted by atomic mass is 79.9. The molecule has 0 N–H and O–H groups in total. The standard InChI is InChI=1S/C16H19BrO2/c1-10-2-4-11(5-3-10)16-9-14(18)13-8-12(17)6-7-15(13)19-16/h6-8,10-11,16H,2-5,9H2,1H3. The Morgan fingerprint density at radius 2 is 1.95 bits per heavy atom. The molecule has 1 atom stereocenters. The van der Waals surface area contributed by atoms with Crippen molar-refractivity contribution in [1.29, 1.82) is 0 Å². The number of ether oxygens (including phenoxy) is 1. The number of fused-ring (bicyclic) bond motifs is 1. The van der Waals surface area contributed by atoms with Crippen LogP contribution in [0.2, 0.25) is 0 Å². The van der Waals surface area contributed by atoms with Gasteiger partial charge in [-0.3, -0.25) is 4.79 Å². The largest absolute Gasteiger partial charge is 0.489 e. The van der Waals surface area contributed by atoms with Crippen LogP contribution >= 0.6 is 15.9 Å². The molecule has 0 aromatic heterocycles. The summed E-state index contributed by atoms with van der Waals surface area (Å²) < 4.78 is 7.03. The van der Waals surface area contributed by atoms with E-state index < -0.39 is 0 Å². The third kappa shape index (κ3) is 2.71. The minimum Gasteiger partial charge on any atom is -0.489 e. The summed E-state index contributed by atoms with van der Waals surface area (Å²) in [5, 5.41) is 0. The van der Waals surface area contributed by atoms with Crippen molar-refractivity contribution in [2.75, 3.05) is 0 Å². The van der Waals surface area contributed by atoms with Gasteiger partial charge in [0.05, 0.1) is 5.56 Å². The van der Waals surface area contributed by atoms with E-state index in [0.29, 0.717) is 12.3 Å². The van der Waals surface area contributed by atoms with Crippen LogP contribution in [0.25, 0.3) is 0 Å². The lowest BCUT2D eigenvalue weighted by Gasteiger charge is -2.35. The van der Waals surface area contributed by atoms with Gasteiger partial charge in [-0.15, -0.1) is 0 Å². The summed E-state index contributed by atoms with van der Waals surface area (Å²) >= 11 is 3.41. The molecule has 3 heteroatoms. The van der Waals surface area contributed by atoms with Crippen molar-refractivity contribution >= 4 is 21.7 Å². The molecule has 0 saturated heterocycles. The monoisotopic (exact) mass is 322 g/mol. The highest BCUT2D eigenvalue weighted by Crippen LogP contribution is 2.38. The Labute approximate surface area is 122 Å². The number of halogens is 1. The molecule has 1 saturated carbocycles. The summed E-state index contributed by atoms with van der Waals surface area (Å²) in [5.41, 5.74) is 0.731. The van der Waals surface area contributed by atoms with Gasteiger partial charge in [-0.25, -0.2) is 0 Å². The third-order valence-corrected chi connectivity index (χ3v) is 4.99. The van der Waals surface area contributed by atoms with Crippen LogP contribution in [-0.2, 0) is 0 Å². The number of hydrogen-bond acceptors (Lipinski definition) is 2. The first-order chi connectivity index (χ1) is 9.13. The van der Waals surface area contributed by atoms with E-state index in [0.717, 1.165) is 21.7 Å². The Morgan fingerprint density at radius 3 is 2.68 bits per heavy atom. The molecule has 19 heavy (non-hydrogen) atoms. The zero-order valence-corrected chi connectivity index (χ0v) is 12.8. The third-order valence-electron chi connectivity index (χ3n) is 4.49. The van der Waals surface area contributed by atoms with Crippen LogP contribution < -0.4 is 4.74 Å². The normalized spacial score (nSPS) is 30.6. The number of carbonyl (C=O) groups excluding carboxylic acids is 1. The number of Topliss-reactive ketones (excluding diaryl/α,β-unsaturated/α-hetero) is 1. The molecule has 2 nitrogen and oxygen atoms in total. The predicted molar refractivity (Wildman–Crippen MR) is 78.6 cm³/mol. The molecule has 1 unspecified atom stereocenters. The molecule has 1 aromatic rings. The second kappa shape index (κ2) is 5.28. The Bertz CT molecular complexity index is 490. The van der Waals surface area contributed by atoms with Gasteiger partial charge in [0, 0.05) is 10.9 Å². The van der Waals surface area contributed by atoms with Crippen molar-refractivity contribution in [2.45, 2.75) is 45.1 Å². The van der Waals surface area contributed by atoms with E-state index in [4.69, 9.17) is 4.74 Å². The fraction of sp³-hybridized carbons (Fsp3) is 0.562. The maximum absolute atomic E-state index is 12.3. The molecular weight excluding hydrogens is 304 g/mol. The first kappa shape index (κ1) is 13.2. The van der Waals surface area contributed by atoms with Gasteiger partial charge in [-0.2, -0.15) is 0 Å². The number of carbonyl (C=O) groups is 1. The van der Waals surface area contributed by atoms with Crippen molar-refractivity contribution in [1.82, 2.24) is 0 Å². The van der Waals surface area contributed by atoms with Crippen LogP contribution in [0.4, 0.5) is 0 Å². The van der Waals surface area contributed by atoms with Crippen molar-refractivity contribution in [3.05, 3.63) is 28.2 Å². The highest BCUT2D eigenvalue weighted by Gasteiger charge is 2.34. The molecule has 0 amide bonds. The van der Waals surface area contributed by atoms with Gasteiger partial charge in [-0.05, 0) is 42.9 Å². The van der Waals surface area contributed by atoms with E-state index in [1.165, 1.54) is 25.7 Å². The maximum atomic E-state index is 12.3. The Hall–Kier alpha value is -0.830. The summed E-state index contributed by atoms with van der Waals surface area (Å²) in [6.45, 7) is 2.32.